The number of nitrogens with zero attached hydrogens (tertiary/aromatic N) is 5. The number of benzene rings is 2. The van der Waals surface area contributed by atoms with Gasteiger partial charge in [0.25, 0.3) is 5.91 Å². The van der Waals surface area contributed by atoms with Crippen molar-refractivity contribution in [3.63, 3.8) is 0 Å². The van der Waals surface area contributed by atoms with Crippen molar-refractivity contribution in [2.45, 2.75) is 13.1 Å². The third kappa shape index (κ3) is 3.91. The lowest BCUT2D eigenvalue weighted by atomic mass is 10.2. The molecule has 0 atom stereocenters. The van der Waals surface area contributed by atoms with E-state index in [1.54, 1.807) is 30.1 Å². The van der Waals surface area contributed by atoms with E-state index in [9.17, 15) is 4.79 Å². The smallest absolute Gasteiger partial charge is 0.254 e. The minimum absolute atomic E-state index is 0.101. The number of hydrogen-bond donors (Lipinski definition) is 0. The molecule has 1 amide bonds. The molecule has 0 radical (unpaired) electrons. The fraction of sp³-hybridized carbons (Fsp3) is 0.263. The number of halogens is 1. The molecule has 0 aliphatic carbocycles. The second-order valence-electron chi connectivity index (χ2n) is 6.37. The standard InChI is InChI=1S/C19H18ClN5O3/c1-24(19(26)14-5-3-2-4-6-14)12-17-21-23-25(22-17)11-13-9-15(20)18-16(10-13)27-7-8-28-18/h2-6,9-10H,7-8,11-12H2,1H3. The van der Waals surface area contributed by atoms with Gasteiger partial charge in [0.2, 0.25) is 0 Å². The summed E-state index contributed by atoms with van der Waals surface area (Å²) in [5, 5.41) is 12.9. The fourth-order valence-corrected chi connectivity index (χ4v) is 3.20. The molecule has 144 valence electrons. The van der Waals surface area contributed by atoms with Crippen LogP contribution in [0.4, 0.5) is 0 Å². The van der Waals surface area contributed by atoms with E-state index in [1.807, 2.05) is 24.3 Å². The zero-order valence-corrected chi connectivity index (χ0v) is 16.0. The molecule has 1 aliphatic heterocycles. The second kappa shape index (κ2) is 7.85. The van der Waals surface area contributed by atoms with Gasteiger partial charge in [-0.15, -0.1) is 10.2 Å². The Hall–Kier alpha value is -3.13. The normalized spacial score (nSPS) is 12.6. The number of carbonyl (C=O) groups is 1. The zero-order chi connectivity index (χ0) is 19.5. The highest BCUT2D eigenvalue weighted by atomic mass is 35.5. The van der Waals surface area contributed by atoms with E-state index in [1.165, 1.54) is 4.80 Å². The first-order chi connectivity index (χ1) is 13.6. The average Bonchev–Trinajstić information content (AvgIpc) is 3.14. The van der Waals surface area contributed by atoms with Crippen LogP contribution in [0.2, 0.25) is 5.02 Å². The van der Waals surface area contributed by atoms with Gasteiger partial charge in [-0.2, -0.15) is 4.80 Å². The van der Waals surface area contributed by atoms with Crippen LogP contribution >= 0.6 is 11.6 Å². The molecule has 0 fully saturated rings. The molecular formula is C19H18ClN5O3. The van der Waals surface area contributed by atoms with Crippen LogP contribution in [0.15, 0.2) is 42.5 Å². The van der Waals surface area contributed by atoms with Gasteiger partial charge in [0.05, 0.1) is 18.1 Å². The minimum Gasteiger partial charge on any atom is -0.486 e. The Balaban J connectivity index is 1.43. The lowest BCUT2D eigenvalue weighted by molar-refractivity contribution is 0.0781. The van der Waals surface area contributed by atoms with Gasteiger partial charge in [-0.25, -0.2) is 0 Å². The monoisotopic (exact) mass is 399 g/mol. The van der Waals surface area contributed by atoms with Crippen molar-refractivity contribution in [3.05, 3.63) is 64.4 Å². The molecule has 9 heteroatoms. The van der Waals surface area contributed by atoms with Gasteiger partial charge in [0.1, 0.15) is 13.2 Å². The molecule has 1 aliphatic rings. The summed E-state index contributed by atoms with van der Waals surface area (Å²) in [4.78, 5) is 15.4. The summed E-state index contributed by atoms with van der Waals surface area (Å²) >= 11 is 6.27. The second-order valence-corrected chi connectivity index (χ2v) is 6.77. The lowest BCUT2D eigenvalue weighted by Gasteiger charge is -2.20. The van der Waals surface area contributed by atoms with Crippen molar-refractivity contribution in [3.8, 4) is 11.5 Å². The highest BCUT2D eigenvalue weighted by molar-refractivity contribution is 6.32. The predicted octanol–water partition coefficient (Wildman–Crippen LogP) is 2.42. The number of carbonyl (C=O) groups excluding carboxylic acids is 1. The third-order valence-corrected chi connectivity index (χ3v) is 4.50. The first kappa shape index (κ1) is 18.2. The van der Waals surface area contributed by atoms with Gasteiger partial charge < -0.3 is 14.4 Å². The minimum atomic E-state index is -0.101. The van der Waals surface area contributed by atoms with Gasteiger partial charge in [-0.3, -0.25) is 4.79 Å². The Morgan fingerprint density at radius 3 is 2.82 bits per heavy atom. The van der Waals surface area contributed by atoms with Crippen LogP contribution in [-0.4, -0.2) is 51.3 Å². The molecule has 0 saturated heterocycles. The molecule has 2 heterocycles. The van der Waals surface area contributed by atoms with Crippen molar-refractivity contribution in [2.24, 2.45) is 0 Å². The van der Waals surface area contributed by atoms with Crippen LogP contribution in [0, 0.1) is 0 Å². The van der Waals surface area contributed by atoms with Crippen LogP contribution in [0.1, 0.15) is 21.7 Å². The van der Waals surface area contributed by atoms with E-state index in [-0.39, 0.29) is 12.5 Å². The number of hydrogen-bond acceptors (Lipinski definition) is 6. The quantitative estimate of drug-likeness (QED) is 0.655. The average molecular weight is 400 g/mol. The van der Waals surface area contributed by atoms with Crippen LogP contribution < -0.4 is 9.47 Å². The van der Waals surface area contributed by atoms with E-state index in [4.69, 9.17) is 21.1 Å². The van der Waals surface area contributed by atoms with E-state index in [0.29, 0.717) is 47.7 Å². The van der Waals surface area contributed by atoms with Gasteiger partial charge in [0.15, 0.2) is 17.3 Å². The van der Waals surface area contributed by atoms with E-state index >= 15 is 0 Å². The molecule has 4 rings (SSSR count). The molecule has 2 aromatic carbocycles. The summed E-state index contributed by atoms with van der Waals surface area (Å²) in [5.41, 5.74) is 1.48. The molecule has 0 unspecified atom stereocenters. The molecule has 3 aromatic rings. The Kier molecular flexibility index (Phi) is 5.12. The number of fused-ring (bicyclic) bond motifs is 1. The first-order valence-electron chi connectivity index (χ1n) is 8.75. The van der Waals surface area contributed by atoms with Crippen molar-refractivity contribution in [1.29, 1.82) is 0 Å². The SMILES string of the molecule is CN(Cc1nnn(Cc2cc(Cl)c3c(c2)OCCO3)n1)C(=O)c1ccccc1. The summed E-state index contributed by atoms with van der Waals surface area (Å²) in [6.45, 7) is 1.60. The molecule has 0 N–H and O–H groups in total. The molecule has 1 aromatic heterocycles. The maximum Gasteiger partial charge on any atom is 0.254 e. The molecular weight excluding hydrogens is 382 g/mol. The number of amides is 1. The highest BCUT2D eigenvalue weighted by Crippen LogP contribution is 2.38. The zero-order valence-electron chi connectivity index (χ0n) is 15.2. The van der Waals surface area contributed by atoms with Crippen molar-refractivity contribution < 1.29 is 14.3 Å². The van der Waals surface area contributed by atoms with Crippen LogP contribution in [0.3, 0.4) is 0 Å². The topological polar surface area (TPSA) is 82.4 Å². The van der Waals surface area contributed by atoms with Crippen LogP contribution in [0.25, 0.3) is 0 Å². The number of rotatable bonds is 5. The fourth-order valence-electron chi connectivity index (χ4n) is 2.91. The lowest BCUT2D eigenvalue weighted by Crippen LogP contribution is -2.26. The van der Waals surface area contributed by atoms with Crippen molar-refractivity contribution in [1.82, 2.24) is 25.1 Å². The van der Waals surface area contributed by atoms with Crippen molar-refractivity contribution in [2.75, 3.05) is 20.3 Å². The predicted molar refractivity (Wildman–Crippen MR) is 102 cm³/mol. The van der Waals surface area contributed by atoms with Gasteiger partial charge >= 0.3 is 0 Å². The number of ether oxygens (including phenoxy) is 2. The highest BCUT2D eigenvalue weighted by Gasteiger charge is 2.18. The van der Waals surface area contributed by atoms with E-state index in [0.717, 1.165) is 5.56 Å². The summed E-state index contributed by atoms with van der Waals surface area (Å²) in [6, 6.07) is 12.7. The summed E-state index contributed by atoms with van der Waals surface area (Å²) in [5.74, 6) is 1.53. The van der Waals surface area contributed by atoms with Gasteiger partial charge in [0, 0.05) is 12.6 Å². The first-order valence-corrected chi connectivity index (χ1v) is 9.13. The number of tetrazole rings is 1. The number of aromatic nitrogens is 4. The largest absolute Gasteiger partial charge is 0.486 e. The molecule has 8 nitrogen and oxygen atoms in total. The van der Waals surface area contributed by atoms with Crippen LogP contribution in [0.5, 0.6) is 11.5 Å². The summed E-state index contributed by atoms with van der Waals surface area (Å²) in [7, 11) is 1.70. The Morgan fingerprint density at radius 2 is 2.00 bits per heavy atom. The Bertz CT molecular complexity index is 992. The van der Waals surface area contributed by atoms with Gasteiger partial charge in [-0.05, 0) is 35.0 Å². The third-order valence-electron chi connectivity index (χ3n) is 4.22. The van der Waals surface area contributed by atoms with E-state index in [2.05, 4.69) is 15.4 Å². The van der Waals surface area contributed by atoms with Crippen LogP contribution in [-0.2, 0) is 13.1 Å². The maximum atomic E-state index is 12.4. The van der Waals surface area contributed by atoms with Crippen molar-refractivity contribution >= 4 is 17.5 Å². The summed E-state index contributed by atoms with van der Waals surface area (Å²) in [6.07, 6.45) is 0. The molecule has 0 bridgehead atoms. The van der Waals surface area contributed by atoms with E-state index < -0.39 is 0 Å². The Morgan fingerprint density at radius 1 is 1.21 bits per heavy atom. The Labute approximate surface area is 166 Å². The molecule has 0 saturated carbocycles. The van der Waals surface area contributed by atoms with Gasteiger partial charge in [-0.1, -0.05) is 29.8 Å². The maximum absolute atomic E-state index is 12.4. The molecule has 0 spiro atoms. The molecule has 28 heavy (non-hydrogen) atoms. The summed E-state index contributed by atoms with van der Waals surface area (Å²) < 4.78 is 11.1.